The van der Waals surface area contributed by atoms with E-state index in [2.05, 4.69) is 57.3 Å². The first-order chi connectivity index (χ1) is 14.3. The molecule has 0 radical (unpaired) electrons. The molecule has 0 saturated heterocycles. The van der Waals surface area contributed by atoms with Gasteiger partial charge >= 0.3 is 0 Å². The molecule has 140 valence electrons. The van der Waals surface area contributed by atoms with Crippen molar-refractivity contribution in [3.63, 3.8) is 0 Å². The van der Waals surface area contributed by atoms with E-state index in [4.69, 9.17) is 10.8 Å². The molecule has 1 aliphatic carbocycles. The average Bonchev–Trinajstić information content (AvgIpc) is 3.35. The zero-order valence-electron chi connectivity index (χ0n) is 15.7. The third-order valence-electron chi connectivity index (χ3n) is 5.07. The maximum atomic E-state index is 5.51. The van der Waals surface area contributed by atoms with E-state index < -0.39 is 0 Å². The van der Waals surface area contributed by atoms with E-state index in [0.717, 1.165) is 29.8 Å². The van der Waals surface area contributed by atoms with Gasteiger partial charge in [-0.05, 0) is 30.0 Å². The van der Waals surface area contributed by atoms with E-state index >= 15 is 0 Å². The lowest BCUT2D eigenvalue weighted by Crippen LogP contribution is -2.02. The molecule has 0 amide bonds. The predicted molar refractivity (Wildman–Crippen MR) is 110 cm³/mol. The molecule has 0 unspecified atom stereocenters. The van der Waals surface area contributed by atoms with Crippen molar-refractivity contribution in [2.24, 2.45) is 0 Å². The quantitative estimate of drug-likeness (QED) is 0.542. The highest BCUT2D eigenvalue weighted by molar-refractivity contribution is 5.46. The molecule has 0 aliphatic heterocycles. The molecule has 6 heteroatoms. The third-order valence-corrected chi connectivity index (χ3v) is 5.07. The van der Waals surface area contributed by atoms with Crippen molar-refractivity contribution in [1.82, 2.24) is 24.7 Å². The fourth-order valence-electron chi connectivity index (χ4n) is 3.66. The van der Waals surface area contributed by atoms with Gasteiger partial charge in [-0.2, -0.15) is 5.10 Å². The van der Waals surface area contributed by atoms with Gasteiger partial charge in [0.15, 0.2) is 0 Å². The van der Waals surface area contributed by atoms with Gasteiger partial charge in [0, 0.05) is 36.3 Å². The summed E-state index contributed by atoms with van der Waals surface area (Å²) in [7, 11) is 0. The molecule has 0 saturated carbocycles. The van der Waals surface area contributed by atoms with Gasteiger partial charge in [0.25, 0.3) is 0 Å². The minimum atomic E-state index is 0.236. The van der Waals surface area contributed by atoms with E-state index in [1.54, 1.807) is 24.8 Å². The molecule has 6 nitrogen and oxygen atoms in total. The Morgan fingerprint density at radius 3 is 2.59 bits per heavy atom. The van der Waals surface area contributed by atoms with Crippen LogP contribution in [0, 0.1) is 11.8 Å². The van der Waals surface area contributed by atoms with E-state index in [0.29, 0.717) is 11.5 Å². The van der Waals surface area contributed by atoms with Crippen LogP contribution in [-0.4, -0.2) is 24.7 Å². The zero-order valence-corrected chi connectivity index (χ0v) is 15.7. The van der Waals surface area contributed by atoms with E-state index in [-0.39, 0.29) is 5.95 Å². The Bertz CT molecular complexity index is 1220. The van der Waals surface area contributed by atoms with Crippen LogP contribution in [0.15, 0.2) is 67.4 Å². The van der Waals surface area contributed by atoms with Gasteiger partial charge < -0.3 is 5.73 Å². The van der Waals surface area contributed by atoms with Gasteiger partial charge in [-0.1, -0.05) is 42.2 Å². The first-order valence-electron chi connectivity index (χ1n) is 9.44. The summed E-state index contributed by atoms with van der Waals surface area (Å²) in [4.78, 5) is 12.2. The largest absolute Gasteiger partial charge is 0.368 e. The van der Waals surface area contributed by atoms with E-state index in [9.17, 15) is 0 Å². The monoisotopic (exact) mass is 378 g/mol. The fourth-order valence-corrected chi connectivity index (χ4v) is 3.66. The normalized spacial score (nSPS) is 14.8. The molecule has 0 bridgehead atoms. The van der Waals surface area contributed by atoms with Crippen LogP contribution in [0.2, 0.25) is 0 Å². The number of pyridine rings is 1. The number of fused-ring (bicyclic) bond motifs is 1. The number of nitrogens with two attached hydrogens (primary N) is 1. The first-order valence-corrected chi connectivity index (χ1v) is 9.44. The second kappa shape index (κ2) is 7.21. The average molecular weight is 378 g/mol. The van der Waals surface area contributed by atoms with Gasteiger partial charge in [0.1, 0.15) is 0 Å². The molecule has 0 fully saturated rings. The number of nitrogen functional groups attached to an aromatic ring is 1. The molecule has 5 rings (SSSR count). The summed E-state index contributed by atoms with van der Waals surface area (Å²) in [6.45, 7) is 0. The summed E-state index contributed by atoms with van der Waals surface area (Å²) >= 11 is 0. The standard InChI is InChI=1S/C23H18N6/c24-23-26-12-17(13-27-23)7-6-16-10-20(14-25-11-16)29-15-19-8-9-21(22(19)28-29)18-4-2-1-3-5-18/h1-5,10-15,21H,8-9H2,(H2,24,26,27)/t21-/m0/s1. The van der Waals surface area contributed by atoms with Crippen LogP contribution >= 0.6 is 0 Å². The Balaban J connectivity index is 1.43. The van der Waals surface area contributed by atoms with Crippen molar-refractivity contribution in [2.75, 3.05) is 5.73 Å². The molecule has 1 aromatic carbocycles. The fraction of sp³-hybridized carbons (Fsp3) is 0.130. The van der Waals surface area contributed by atoms with Gasteiger partial charge in [-0.25, -0.2) is 14.6 Å². The maximum Gasteiger partial charge on any atom is 0.219 e. The topological polar surface area (TPSA) is 82.5 Å². The number of hydrogen-bond acceptors (Lipinski definition) is 5. The van der Waals surface area contributed by atoms with E-state index in [1.807, 2.05) is 16.8 Å². The van der Waals surface area contributed by atoms with Crippen molar-refractivity contribution in [3.8, 4) is 17.5 Å². The van der Waals surface area contributed by atoms with Crippen LogP contribution in [0.5, 0.6) is 0 Å². The highest BCUT2D eigenvalue weighted by Crippen LogP contribution is 2.37. The Labute approximate surface area is 168 Å². The lowest BCUT2D eigenvalue weighted by atomic mass is 9.97. The molecule has 29 heavy (non-hydrogen) atoms. The summed E-state index contributed by atoms with van der Waals surface area (Å²) < 4.78 is 1.91. The molecule has 4 aromatic rings. The maximum absolute atomic E-state index is 5.51. The molecular weight excluding hydrogens is 360 g/mol. The van der Waals surface area contributed by atoms with Crippen LogP contribution < -0.4 is 5.73 Å². The van der Waals surface area contributed by atoms with Gasteiger partial charge in [-0.3, -0.25) is 4.98 Å². The highest BCUT2D eigenvalue weighted by atomic mass is 15.3. The van der Waals surface area contributed by atoms with Crippen LogP contribution in [0.1, 0.15) is 40.3 Å². The lowest BCUT2D eigenvalue weighted by molar-refractivity contribution is 0.725. The molecule has 1 atom stereocenters. The van der Waals surface area contributed by atoms with E-state index in [1.165, 1.54) is 11.1 Å². The summed E-state index contributed by atoms with van der Waals surface area (Å²) in [5.74, 6) is 6.73. The molecular formula is C23H18N6. The van der Waals surface area contributed by atoms with Gasteiger partial charge in [0.2, 0.25) is 5.95 Å². The Kier molecular flexibility index (Phi) is 4.26. The Morgan fingerprint density at radius 2 is 1.76 bits per heavy atom. The lowest BCUT2D eigenvalue weighted by Gasteiger charge is -2.09. The number of aryl methyl sites for hydroxylation is 1. The zero-order chi connectivity index (χ0) is 19.6. The van der Waals surface area contributed by atoms with Crippen molar-refractivity contribution in [3.05, 3.63) is 95.3 Å². The van der Waals surface area contributed by atoms with Crippen molar-refractivity contribution in [2.45, 2.75) is 18.8 Å². The summed E-state index contributed by atoms with van der Waals surface area (Å²) in [6, 6.07) is 12.6. The smallest absolute Gasteiger partial charge is 0.219 e. The second-order valence-electron chi connectivity index (χ2n) is 7.00. The van der Waals surface area contributed by atoms with Crippen LogP contribution in [0.3, 0.4) is 0 Å². The Morgan fingerprint density at radius 1 is 0.966 bits per heavy atom. The number of aromatic nitrogens is 5. The minimum Gasteiger partial charge on any atom is -0.368 e. The first kappa shape index (κ1) is 17.1. The summed E-state index contributed by atoms with van der Waals surface area (Å²) in [6.07, 6.45) is 11.0. The van der Waals surface area contributed by atoms with Crippen LogP contribution in [0.25, 0.3) is 5.69 Å². The number of nitrogens with zero attached hydrogens (tertiary/aromatic N) is 5. The predicted octanol–water partition coefficient (Wildman–Crippen LogP) is 3.12. The SMILES string of the molecule is Nc1ncc(C#Cc2cncc(-n3cc4c(n3)[C@H](c3ccccc3)CC4)c2)cn1. The third kappa shape index (κ3) is 3.46. The van der Waals surface area contributed by atoms with Crippen molar-refractivity contribution < 1.29 is 0 Å². The molecule has 0 spiro atoms. The number of benzene rings is 1. The summed E-state index contributed by atoms with van der Waals surface area (Å²) in [5.41, 5.74) is 11.7. The molecule has 3 aromatic heterocycles. The molecule has 3 heterocycles. The molecule has 1 aliphatic rings. The minimum absolute atomic E-state index is 0.236. The highest BCUT2D eigenvalue weighted by Gasteiger charge is 2.27. The Hall–Kier alpha value is -3.98. The number of rotatable bonds is 2. The number of hydrogen-bond donors (Lipinski definition) is 1. The van der Waals surface area contributed by atoms with Gasteiger partial charge in [0.05, 0.1) is 23.1 Å². The van der Waals surface area contributed by atoms with Gasteiger partial charge in [-0.15, -0.1) is 0 Å². The van der Waals surface area contributed by atoms with Crippen molar-refractivity contribution in [1.29, 1.82) is 0 Å². The second-order valence-corrected chi connectivity index (χ2v) is 7.00. The van der Waals surface area contributed by atoms with Crippen molar-refractivity contribution >= 4 is 5.95 Å². The molecule has 2 N–H and O–H groups in total. The number of anilines is 1. The van der Waals surface area contributed by atoms with Crippen LogP contribution in [-0.2, 0) is 6.42 Å². The summed E-state index contributed by atoms with van der Waals surface area (Å²) in [5, 5.41) is 4.88. The van der Waals surface area contributed by atoms with Crippen LogP contribution in [0.4, 0.5) is 5.95 Å².